The Labute approximate surface area is 123 Å². The van der Waals surface area contributed by atoms with Crippen molar-refractivity contribution < 1.29 is 32.6 Å². The lowest BCUT2D eigenvalue weighted by atomic mass is 10.2. The first-order valence-corrected chi connectivity index (χ1v) is 6.39. The second-order valence-electron chi connectivity index (χ2n) is 4.76. The van der Waals surface area contributed by atoms with E-state index in [1.54, 1.807) is 0 Å². The quantitative estimate of drug-likeness (QED) is 0.894. The van der Waals surface area contributed by atoms with Crippen LogP contribution in [0.5, 0.6) is 5.75 Å². The number of carbonyl (C=O) groups excluding carboxylic acids is 1. The Hall–Kier alpha value is -2.45. The minimum Gasteiger partial charge on any atom is -0.465 e. The van der Waals surface area contributed by atoms with Crippen molar-refractivity contribution in [1.82, 2.24) is 10.2 Å². The van der Waals surface area contributed by atoms with E-state index in [9.17, 15) is 22.8 Å². The highest BCUT2D eigenvalue weighted by Crippen LogP contribution is 2.22. The second-order valence-corrected chi connectivity index (χ2v) is 4.76. The Balaban J connectivity index is 1.92. The van der Waals surface area contributed by atoms with Crippen molar-refractivity contribution >= 4 is 12.0 Å². The number of carboxylic acid groups (broad SMARTS) is 1. The SMILES string of the molecule is O=C(N[C@@H]1CCN(C(=O)O)C1)c1ccc(OC(F)(F)F)cc1. The molecule has 0 unspecified atom stereocenters. The third-order valence-electron chi connectivity index (χ3n) is 3.14. The van der Waals surface area contributed by atoms with Gasteiger partial charge in [0.15, 0.2) is 0 Å². The molecule has 0 radical (unpaired) electrons. The lowest BCUT2D eigenvalue weighted by Gasteiger charge is -2.14. The van der Waals surface area contributed by atoms with Gasteiger partial charge in [-0.25, -0.2) is 4.79 Å². The summed E-state index contributed by atoms with van der Waals surface area (Å²) in [6.07, 6.45) is -5.34. The van der Waals surface area contributed by atoms with Crippen molar-refractivity contribution in [1.29, 1.82) is 0 Å². The molecule has 0 bridgehead atoms. The topological polar surface area (TPSA) is 78.9 Å². The van der Waals surface area contributed by atoms with Gasteiger partial charge >= 0.3 is 12.5 Å². The van der Waals surface area contributed by atoms with Crippen LogP contribution >= 0.6 is 0 Å². The van der Waals surface area contributed by atoms with Gasteiger partial charge in [0, 0.05) is 24.7 Å². The molecule has 1 aromatic rings. The maximum absolute atomic E-state index is 12.0. The van der Waals surface area contributed by atoms with Gasteiger partial charge in [-0.05, 0) is 30.7 Å². The molecular formula is C13H13F3N2O4. The molecule has 2 amide bonds. The lowest BCUT2D eigenvalue weighted by Crippen LogP contribution is -2.38. The third-order valence-corrected chi connectivity index (χ3v) is 3.14. The van der Waals surface area contributed by atoms with Crippen LogP contribution in [0.4, 0.5) is 18.0 Å². The van der Waals surface area contributed by atoms with E-state index < -0.39 is 24.1 Å². The highest BCUT2D eigenvalue weighted by atomic mass is 19.4. The van der Waals surface area contributed by atoms with Crippen LogP contribution in [-0.2, 0) is 0 Å². The van der Waals surface area contributed by atoms with Gasteiger partial charge in [-0.1, -0.05) is 0 Å². The molecule has 1 atom stereocenters. The van der Waals surface area contributed by atoms with Gasteiger partial charge in [0.25, 0.3) is 5.91 Å². The Bertz CT molecular complexity index is 559. The molecule has 2 N–H and O–H groups in total. The van der Waals surface area contributed by atoms with Crippen molar-refractivity contribution in [2.75, 3.05) is 13.1 Å². The summed E-state index contributed by atoms with van der Waals surface area (Å²) >= 11 is 0. The van der Waals surface area contributed by atoms with Crippen LogP contribution in [0.2, 0.25) is 0 Å². The first-order chi connectivity index (χ1) is 10.2. The number of likely N-dealkylation sites (tertiary alicyclic amines) is 1. The molecule has 0 saturated carbocycles. The Kier molecular flexibility index (Phi) is 4.43. The number of halogens is 3. The van der Waals surface area contributed by atoms with E-state index in [4.69, 9.17) is 5.11 Å². The second kappa shape index (κ2) is 6.12. The normalized spacial score (nSPS) is 18.1. The zero-order valence-corrected chi connectivity index (χ0v) is 11.3. The molecule has 0 aliphatic carbocycles. The van der Waals surface area contributed by atoms with Crippen LogP contribution in [0.25, 0.3) is 0 Å². The average Bonchev–Trinajstić information content (AvgIpc) is 2.86. The number of hydrogen-bond acceptors (Lipinski definition) is 3. The lowest BCUT2D eigenvalue weighted by molar-refractivity contribution is -0.274. The first kappa shape index (κ1) is 15.9. The molecule has 2 rings (SSSR count). The first-order valence-electron chi connectivity index (χ1n) is 6.39. The summed E-state index contributed by atoms with van der Waals surface area (Å²) in [7, 11) is 0. The summed E-state index contributed by atoms with van der Waals surface area (Å²) in [5, 5.41) is 11.5. The number of ether oxygens (including phenoxy) is 1. The summed E-state index contributed by atoms with van der Waals surface area (Å²) in [6.45, 7) is 0.523. The highest BCUT2D eigenvalue weighted by molar-refractivity contribution is 5.94. The van der Waals surface area contributed by atoms with Crippen molar-refractivity contribution in [3.63, 3.8) is 0 Å². The molecule has 0 spiro atoms. The minimum atomic E-state index is -4.78. The van der Waals surface area contributed by atoms with E-state index in [-0.39, 0.29) is 18.2 Å². The average molecular weight is 318 g/mol. The molecule has 6 nitrogen and oxygen atoms in total. The zero-order valence-electron chi connectivity index (χ0n) is 11.3. The van der Waals surface area contributed by atoms with Gasteiger partial charge in [0.05, 0.1) is 0 Å². The van der Waals surface area contributed by atoms with Gasteiger partial charge in [0.1, 0.15) is 5.75 Å². The standard InChI is InChI=1S/C13H13F3N2O4/c14-13(15,16)22-10-3-1-8(2-4-10)11(19)17-9-5-6-18(7-9)12(20)21/h1-4,9H,5-7H2,(H,17,19)(H,20,21)/t9-/m1/s1. The van der Waals surface area contributed by atoms with Crippen molar-refractivity contribution in [2.45, 2.75) is 18.8 Å². The van der Waals surface area contributed by atoms with Crippen LogP contribution in [0.3, 0.4) is 0 Å². The van der Waals surface area contributed by atoms with Gasteiger partial charge in [0.2, 0.25) is 0 Å². The molecule has 1 aliphatic heterocycles. The number of nitrogens with zero attached hydrogens (tertiary/aromatic N) is 1. The van der Waals surface area contributed by atoms with Crippen molar-refractivity contribution in [3.05, 3.63) is 29.8 Å². The molecule has 1 heterocycles. The molecule has 9 heteroatoms. The van der Waals surface area contributed by atoms with Crippen LogP contribution in [0.15, 0.2) is 24.3 Å². The Morgan fingerprint density at radius 2 is 1.91 bits per heavy atom. The van der Waals surface area contributed by atoms with E-state index in [0.717, 1.165) is 12.1 Å². The molecule has 1 fully saturated rings. The number of nitrogens with one attached hydrogen (secondary N) is 1. The molecule has 120 valence electrons. The number of benzene rings is 1. The fourth-order valence-corrected chi connectivity index (χ4v) is 2.13. The highest BCUT2D eigenvalue weighted by Gasteiger charge is 2.31. The summed E-state index contributed by atoms with van der Waals surface area (Å²) in [5.41, 5.74) is 0.170. The summed E-state index contributed by atoms with van der Waals surface area (Å²) < 4.78 is 39.8. The maximum atomic E-state index is 12.0. The number of carbonyl (C=O) groups is 2. The Morgan fingerprint density at radius 3 is 2.41 bits per heavy atom. The third kappa shape index (κ3) is 4.27. The molecule has 1 saturated heterocycles. The van der Waals surface area contributed by atoms with E-state index in [1.807, 2.05) is 0 Å². The fraction of sp³-hybridized carbons (Fsp3) is 0.385. The van der Waals surface area contributed by atoms with Crippen LogP contribution in [0.1, 0.15) is 16.8 Å². The van der Waals surface area contributed by atoms with E-state index >= 15 is 0 Å². The Morgan fingerprint density at radius 1 is 1.27 bits per heavy atom. The van der Waals surface area contributed by atoms with Crippen molar-refractivity contribution in [2.24, 2.45) is 0 Å². The zero-order chi connectivity index (χ0) is 16.3. The fourth-order valence-electron chi connectivity index (χ4n) is 2.13. The summed E-state index contributed by atoms with van der Waals surface area (Å²) in [6, 6.07) is 4.19. The van der Waals surface area contributed by atoms with Gasteiger partial charge in [-0.2, -0.15) is 0 Å². The van der Waals surface area contributed by atoms with Crippen LogP contribution in [0, 0.1) is 0 Å². The van der Waals surface area contributed by atoms with E-state index in [2.05, 4.69) is 10.1 Å². The predicted octanol–water partition coefficient (Wildman–Crippen LogP) is 2.07. The summed E-state index contributed by atoms with van der Waals surface area (Å²) in [5.74, 6) is -0.891. The minimum absolute atomic E-state index is 0.170. The molecule has 22 heavy (non-hydrogen) atoms. The summed E-state index contributed by atoms with van der Waals surface area (Å²) in [4.78, 5) is 23.9. The van der Waals surface area contributed by atoms with Crippen LogP contribution in [-0.4, -0.2) is 47.5 Å². The molecular weight excluding hydrogens is 305 g/mol. The predicted molar refractivity (Wildman–Crippen MR) is 68.6 cm³/mol. The van der Waals surface area contributed by atoms with Gasteiger partial charge in [-0.3, -0.25) is 4.79 Å². The van der Waals surface area contributed by atoms with Gasteiger partial charge < -0.3 is 20.1 Å². The van der Waals surface area contributed by atoms with Crippen LogP contribution < -0.4 is 10.1 Å². The maximum Gasteiger partial charge on any atom is 0.573 e. The molecule has 1 aliphatic rings. The van der Waals surface area contributed by atoms with E-state index in [1.165, 1.54) is 17.0 Å². The number of alkyl halides is 3. The van der Waals surface area contributed by atoms with Gasteiger partial charge in [-0.15, -0.1) is 13.2 Å². The van der Waals surface area contributed by atoms with E-state index in [0.29, 0.717) is 13.0 Å². The van der Waals surface area contributed by atoms with Crippen molar-refractivity contribution in [3.8, 4) is 5.75 Å². The molecule has 1 aromatic carbocycles. The monoisotopic (exact) mass is 318 g/mol. The number of hydrogen-bond donors (Lipinski definition) is 2. The smallest absolute Gasteiger partial charge is 0.465 e. The number of amides is 2. The number of rotatable bonds is 3. The molecule has 0 aromatic heterocycles. The largest absolute Gasteiger partial charge is 0.573 e.